The van der Waals surface area contributed by atoms with Gasteiger partial charge in [0, 0.05) is 13.1 Å². The van der Waals surface area contributed by atoms with Crippen molar-refractivity contribution >= 4 is 30.1 Å². The van der Waals surface area contributed by atoms with Crippen LogP contribution in [0.3, 0.4) is 0 Å². The van der Waals surface area contributed by atoms with E-state index in [2.05, 4.69) is 0 Å². The molecule has 2 aliphatic heterocycles. The van der Waals surface area contributed by atoms with Gasteiger partial charge in [-0.3, -0.25) is 14.5 Å². The fourth-order valence-corrected chi connectivity index (χ4v) is 5.90. The third-order valence-corrected chi connectivity index (χ3v) is 8.22. The zero-order chi connectivity index (χ0) is 38.5. The first kappa shape index (κ1) is 41.8. The van der Waals surface area contributed by atoms with Gasteiger partial charge in [0.15, 0.2) is 0 Å². The van der Waals surface area contributed by atoms with Gasteiger partial charge >= 0.3 is 30.1 Å². The molecule has 0 radical (unpaired) electrons. The van der Waals surface area contributed by atoms with E-state index in [1.165, 1.54) is 16.9 Å². The number of aliphatic hydroxyl groups is 1. The van der Waals surface area contributed by atoms with Crippen LogP contribution in [0, 0.1) is 11.8 Å². The molecule has 4 rings (SSSR count). The Morgan fingerprint density at radius 3 is 1.52 bits per heavy atom. The summed E-state index contributed by atoms with van der Waals surface area (Å²) in [5, 5.41) is 9.52. The molecule has 0 aliphatic carbocycles. The summed E-state index contributed by atoms with van der Waals surface area (Å²) in [6.45, 7) is 11.6. The van der Waals surface area contributed by atoms with Gasteiger partial charge in [0.1, 0.15) is 30.5 Å². The second-order valence-electron chi connectivity index (χ2n) is 15.0. The van der Waals surface area contributed by atoms with E-state index >= 15 is 0 Å². The Morgan fingerprint density at radius 1 is 0.673 bits per heavy atom. The molecular weight excluding hydrogens is 672 g/mol. The number of carbonyl (C=O) groups excluding carboxylic acids is 5. The SMILES string of the molecule is CC(C)(C)OC(=O)N1C[C@@H](CC(=O)OCc2ccccc2)C[C@H]1CO.COC(=O)[C@@H]1C[C@H](CC(=O)OCc2ccccc2)CN1C(=O)OC(C)(C)C. The second kappa shape index (κ2) is 19.3. The van der Waals surface area contributed by atoms with E-state index in [1.54, 1.807) is 41.5 Å². The maximum absolute atomic E-state index is 12.4. The average Bonchev–Trinajstić information content (AvgIpc) is 3.70. The summed E-state index contributed by atoms with van der Waals surface area (Å²) in [4.78, 5) is 63.8. The molecule has 0 unspecified atom stereocenters. The molecule has 2 aromatic rings. The molecule has 2 aromatic carbocycles. The Hall–Kier alpha value is -4.65. The first-order chi connectivity index (χ1) is 24.5. The molecule has 0 aromatic heterocycles. The van der Waals surface area contributed by atoms with Crippen molar-refractivity contribution in [2.24, 2.45) is 11.8 Å². The van der Waals surface area contributed by atoms with Gasteiger partial charge in [-0.2, -0.15) is 0 Å². The van der Waals surface area contributed by atoms with Crippen LogP contribution in [0.25, 0.3) is 0 Å². The Labute approximate surface area is 306 Å². The first-order valence-corrected chi connectivity index (χ1v) is 17.5. The number of nitrogens with zero attached hydrogens (tertiary/aromatic N) is 2. The molecule has 13 heteroatoms. The number of ether oxygens (including phenoxy) is 5. The van der Waals surface area contributed by atoms with E-state index in [-0.39, 0.29) is 69.0 Å². The molecule has 0 saturated carbocycles. The number of hydrogen-bond donors (Lipinski definition) is 1. The van der Waals surface area contributed by atoms with Crippen molar-refractivity contribution in [1.29, 1.82) is 0 Å². The molecule has 286 valence electrons. The van der Waals surface area contributed by atoms with Crippen LogP contribution in [0.2, 0.25) is 0 Å². The Kier molecular flexibility index (Phi) is 15.5. The highest BCUT2D eigenvalue weighted by Crippen LogP contribution is 2.30. The second-order valence-corrected chi connectivity index (χ2v) is 15.0. The molecule has 2 saturated heterocycles. The number of methoxy groups -OCH3 is 1. The Balaban J connectivity index is 0.000000281. The summed E-state index contributed by atoms with van der Waals surface area (Å²) in [5.74, 6) is -1.39. The van der Waals surface area contributed by atoms with E-state index in [0.29, 0.717) is 19.4 Å². The monoisotopic (exact) mass is 726 g/mol. The molecule has 2 fully saturated rings. The van der Waals surface area contributed by atoms with Gasteiger partial charge in [0.25, 0.3) is 0 Å². The topological polar surface area (TPSA) is 158 Å². The number of hydrogen-bond acceptors (Lipinski definition) is 11. The minimum absolute atomic E-state index is 0.0343. The molecular formula is C39H54N2O11. The zero-order valence-electron chi connectivity index (χ0n) is 31.4. The van der Waals surface area contributed by atoms with Crippen molar-refractivity contribution in [3.8, 4) is 0 Å². The summed E-state index contributed by atoms with van der Waals surface area (Å²) in [5.41, 5.74) is 0.569. The largest absolute Gasteiger partial charge is 0.467 e. The fraction of sp³-hybridized carbons (Fsp3) is 0.564. The predicted molar refractivity (Wildman–Crippen MR) is 190 cm³/mol. The van der Waals surface area contributed by atoms with Crippen molar-refractivity contribution in [2.75, 3.05) is 26.8 Å². The summed E-state index contributed by atoms with van der Waals surface area (Å²) < 4.78 is 26.1. The van der Waals surface area contributed by atoms with Gasteiger partial charge in [-0.25, -0.2) is 14.4 Å². The molecule has 0 spiro atoms. The number of benzene rings is 2. The number of rotatable bonds is 10. The molecule has 52 heavy (non-hydrogen) atoms. The lowest BCUT2D eigenvalue weighted by atomic mass is 10.0. The maximum Gasteiger partial charge on any atom is 0.411 e. The van der Waals surface area contributed by atoms with E-state index in [0.717, 1.165) is 11.1 Å². The van der Waals surface area contributed by atoms with Crippen molar-refractivity contribution in [3.05, 3.63) is 71.8 Å². The molecule has 2 heterocycles. The summed E-state index contributed by atoms with van der Waals surface area (Å²) in [6.07, 6.45) is 0.217. The lowest BCUT2D eigenvalue weighted by Gasteiger charge is -2.27. The highest BCUT2D eigenvalue weighted by molar-refractivity contribution is 5.82. The molecule has 13 nitrogen and oxygen atoms in total. The molecule has 0 bridgehead atoms. The van der Waals surface area contributed by atoms with Gasteiger partial charge < -0.3 is 33.7 Å². The van der Waals surface area contributed by atoms with Crippen LogP contribution in [0.4, 0.5) is 9.59 Å². The van der Waals surface area contributed by atoms with Gasteiger partial charge in [-0.05, 0) is 77.3 Å². The minimum atomic E-state index is -0.753. The maximum atomic E-state index is 12.4. The van der Waals surface area contributed by atoms with Crippen molar-refractivity contribution in [1.82, 2.24) is 9.80 Å². The van der Waals surface area contributed by atoms with Gasteiger partial charge in [0.2, 0.25) is 0 Å². The lowest BCUT2D eigenvalue weighted by molar-refractivity contribution is -0.147. The van der Waals surface area contributed by atoms with Crippen LogP contribution in [0.5, 0.6) is 0 Å². The highest BCUT2D eigenvalue weighted by atomic mass is 16.6. The van der Waals surface area contributed by atoms with E-state index < -0.39 is 35.4 Å². The third kappa shape index (κ3) is 14.2. The van der Waals surface area contributed by atoms with Crippen LogP contribution in [0.15, 0.2) is 60.7 Å². The highest BCUT2D eigenvalue weighted by Gasteiger charge is 2.43. The average molecular weight is 727 g/mol. The number of amides is 2. The summed E-state index contributed by atoms with van der Waals surface area (Å²) in [7, 11) is 1.27. The quantitative estimate of drug-likeness (QED) is 0.238. The zero-order valence-corrected chi connectivity index (χ0v) is 31.4. The molecule has 4 atom stereocenters. The molecule has 1 N–H and O–H groups in total. The summed E-state index contributed by atoms with van der Waals surface area (Å²) >= 11 is 0. The van der Waals surface area contributed by atoms with E-state index in [1.807, 2.05) is 60.7 Å². The van der Waals surface area contributed by atoms with Crippen molar-refractivity contribution < 1.29 is 52.8 Å². The Bertz CT molecular complexity index is 1470. The van der Waals surface area contributed by atoms with Crippen LogP contribution in [-0.2, 0) is 51.3 Å². The van der Waals surface area contributed by atoms with Gasteiger partial charge in [0.05, 0.1) is 32.6 Å². The summed E-state index contributed by atoms with van der Waals surface area (Å²) in [6, 6.07) is 17.8. The normalized spacial score (nSPS) is 19.9. The third-order valence-electron chi connectivity index (χ3n) is 8.22. The lowest BCUT2D eigenvalue weighted by Crippen LogP contribution is -2.43. The van der Waals surface area contributed by atoms with E-state index in [4.69, 9.17) is 23.7 Å². The minimum Gasteiger partial charge on any atom is -0.467 e. The van der Waals surface area contributed by atoms with Crippen LogP contribution < -0.4 is 0 Å². The van der Waals surface area contributed by atoms with Crippen LogP contribution in [0.1, 0.15) is 78.4 Å². The predicted octanol–water partition coefficient (Wildman–Crippen LogP) is 5.66. The molecule has 2 amide bonds. The van der Waals surface area contributed by atoms with E-state index in [9.17, 15) is 29.1 Å². The van der Waals surface area contributed by atoms with Gasteiger partial charge in [-0.15, -0.1) is 0 Å². The van der Waals surface area contributed by atoms with Crippen molar-refractivity contribution in [2.45, 2.75) is 104 Å². The number of carbonyl (C=O) groups is 5. The first-order valence-electron chi connectivity index (χ1n) is 17.5. The smallest absolute Gasteiger partial charge is 0.411 e. The number of esters is 3. The molecule has 2 aliphatic rings. The van der Waals surface area contributed by atoms with Crippen LogP contribution >= 0.6 is 0 Å². The number of aliphatic hydroxyl groups excluding tert-OH is 1. The standard InChI is InChI=1S/C20H27NO6.C19H27NO5/c1-20(2,3)27-19(24)21-12-15(10-16(21)18(23)25-4)11-17(22)26-13-14-8-6-5-7-9-14;1-19(2,3)25-18(23)20-11-15(9-16(20)12-21)10-17(22)24-13-14-7-5-4-6-8-14/h5-9,15-16H,10-13H2,1-4H3;4-8,15-16,21H,9-13H2,1-3H3/t2*15-,16+/m11/s1. The fourth-order valence-electron chi connectivity index (χ4n) is 5.90. The van der Waals surface area contributed by atoms with Crippen LogP contribution in [-0.4, -0.2) is 95.1 Å². The number of likely N-dealkylation sites (tertiary alicyclic amines) is 2. The van der Waals surface area contributed by atoms with Crippen molar-refractivity contribution in [3.63, 3.8) is 0 Å². The van der Waals surface area contributed by atoms with Gasteiger partial charge in [-0.1, -0.05) is 60.7 Å². The Morgan fingerprint density at radius 2 is 1.10 bits per heavy atom.